The normalized spacial score (nSPS) is 9.71. The van der Waals surface area contributed by atoms with Gasteiger partial charge in [0, 0.05) is 5.69 Å². The Morgan fingerprint density at radius 1 is 1.29 bits per heavy atom. The first kappa shape index (κ1) is 11.0. The molecule has 0 saturated carbocycles. The van der Waals surface area contributed by atoms with E-state index >= 15 is 0 Å². The number of anilines is 2. The van der Waals surface area contributed by atoms with E-state index < -0.39 is 0 Å². The summed E-state index contributed by atoms with van der Waals surface area (Å²) in [6.45, 7) is 0. The minimum absolute atomic E-state index is 0.351. The van der Waals surface area contributed by atoms with Crippen molar-refractivity contribution in [3.05, 3.63) is 36.5 Å². The van der Waals surface area contributed by atoms with Crippen molar-refractivity contribution < 1.29 is 9.53 Å². The number of aromatic amines is 1. The van der Waals surface area contributed by atoms with E-state index in [-0.39, 0.29) is 6.03 Å². The molecule has 0 aliphatic carbocycles. The van der Waals surface area contributed by atoms with Crippen LogP contribution < -0.4 is 15.4 Å². The summed E-state index contributed by atoms with van der Waals surface area (Å²) in [7, 11) is 1.49. The second-order valence-electron chi connectivity index (χ2n) is 3.26. The number of nitrogens with zero attached hydrogens (tertiary/aromatic N) is 1. The third-order valence-corrected chi connectivity index (χ3v) is 2.09. The number of carbonyl (C=O) groups excluding carboxylic acids is 1. The highest BCUT2D eigenvalue weighted by Crippen LogP contribution is 2.19. The van der Waals surface area contributed by atoms with Crippen molar-refractivity contribution in [3.63, 3.8) is 0 Å². The van der Waals surface area contributed by atoms with Gasteiger partial charge < -0.3 is 15.4 Å². The zero-order valence-corrected chi connectivity index (χ0v) is 9.23. The van der Waals surface area contributed by atoms with Gasteiger partial charge in [0.05, 0.1) is 13.3 Å². The summed E-state index contributed by atoms with van der Waals surface area (Å²) in [6.07, 6.45) is 1.48. The van der Waals surface area contributed by atoms with E-state index in [4.69, 9.17) is 4.74 Å². The van der Waals surface area contributed by atoms with E-state index in [0.29, 0.717) is 17.3 Å². The SMILES string of the molecule is COc1[nH]ncc1NC(=O)Nc1ccccc1. The Morgan fingerprint density at radius 3 is 2.76 bits per heavy atom. The number of amides is 2. The number of para-hydroxylation sites is 1. The number of hydrogen-bond donors (Lipinski definition) is 3. The summed E-state index contributed by atoms with van der Waals surface area (Å²) in [6, 6.07) is 8.80. The number of hydrogen-bond acceptors (Lipinski definition) is 3. The third kappa shape index (κ3) is 2.75. The van der Waals surface area contributed by atoms with Crippen molar-refractivity contribution in [2.24, 2.45) is 0 Å². The van der Waals surface area contributed by atoms with Crippen LogP contribution in [-0.4, -0.2) is 23.3 Å². The Bertz CT molecular complexity index is 495. The number of benzene rings is 1. The number of rotatable bonds is 3. The molecule has 0 aliphatic rings. The lowest BCUT2D eigenvalue weighted by atomic mass is 10.3. The second kappa shape index (κ2) is 5.02. The van der Waals surface area contributed by atoms with Gasteiger partial charge in [-0.05, 0) is 12.1 Å². The van der Waals surface area contributed by atoms with E-state index in [1.807, 2.05) is 18.2 Å². The summed E-state index contributed by atoms with van der Waals surface area (Å²) in [4.78, 5) is 11.6. The summed E-state index contributed by atoms with van der Waals surface area (Å²) in [5.74, 6) is 0.410. The van der Waals surface area contributed by atoms with Gasteiger partial charge in [-0.25, -0.2) is 9.89 Å². The smallest absolute Gasteiger partial charge is 0.323 e. The Hall–Kier alpha value is -2.50. The number of nitrogens with one attached hydrogen (secondary N) is 3. The fraction of sp³-hybridized carbons (Fsp3) is 0.0909. The average Bonchev–Trinajstić information content (AvgIpc) is 2.77. The molecule has 2 aromatic rings. The van der Waals surface area contributed by atoms with Crippen molar-refractivity contribution in [1.29, 1.82) is 0 Å². The molecule has 1 heterocycles. The fourth-order valence-corrected chi connectivity index (χ4v) is 1.33. The van der Waals surface area contributed by atoms with Crippen molar-refractivity contribution in [2.75, 3.05) is 17.7 Å². The summed E-state index contributed by atoms with van der Waals surface area (Å²) in [5, 5.41) is 11.7. The highest BCUT2D eigenvalue weighted by atomic mass is 16.5. The first-order valence-electron chi connectivity index (χ1n) is 5.00. The third-order valence-electron chi connectivity index (χ3n) is 2.09. The molecular weight excluding hydrogens is 220 g/mol. The molecule has 2 rings (SSSR count). The van der Waals surface area contributed by atoms with Crippen molar-refractivity contribution >= 4 is 17.4 Å². The number of ether oxygens (including phenoxy) is 1. The van der Waals surface area contributed by atoms with Crippen LogP contribution in [0.3, 0.4) is 0 Å². The largest absolute Gasteiger partial charge is 0.480 e. The van der Waals surface area contributed by atoms with Gasteiger partial charge in [-0.15, -0.1) is 0 Å². The summed E-state index contributed by atoms with van der Waals surface area (Å²) >= 11 is 0. The van der Waals surface area contributed by atoms with E-state index in [1.54, 1.807) is 12.1 Å². The maximum atomic E-state index is 11.6. The minimum atomic E-state index is -0.351. The number of H-pyrrole nitrogens is 1. The van der Waals surface area contributed by atoms with Crippen LogP contribution in [0.1, 0.15) is 0 Å². The van der Waals surface area contributed by atoms with Crippen LogP contribution in [0.15, 0.2) is 36.5 Å². The zero-order valence-electron chi connectivity index (χ0n) is 9.23. The molecule has 1 aromatic heterocycles. The van der Waals surface area contributed by atoms with Crippen LogP contribution in [0.25, 0.3) is 0 Å². The lowest BCUT2D eigenvalue weighted by Crippen LogP contribution is -2.19. The van der Waals surface area contributed by atoms with Gasteiger partial charge in [0.2, 0.25) is 5.88 Å². The van der Waals surface area contributed by atoms with Crippen LogP contribution in [-0.2, 0) is 0 Å². The molecule has 0 bridgehead atoms. The average molecular weight is 232 g/mol. The highest BCUT2D eigenvalue weighted by Gasteiger charge is 2.08. The molecule has 88 valence electrons. The van der Waals surface area contributed by atoms with Crippen molar-refractivity contribution in [3.8, 4) is 5.88 Å². The number of methoxy groups -OCH3 is 1. The number of urea groups is 1. The molecule has 6 heteroatoms. The van der Waals surface area contributed by atoms with E-state index in [2.05, 4.69) is 20.8 Å². The molecule has 0 saturated heterocycles. The lowest BCUT2D eigenvalue weighted by molar-refractivity contribution is 0.262. The molecule has 6 nitrogen and oxygen atoms in total. The van der Waals surface area contributed by atoms with E-state index in [0.717, 1.165) is 0 Å². The van der Waals surface area contributed by atoms with E-state index in [9.17, 15) is 4.79 Å². The fourth-order valence-electron chi connectivity index (χ4n) is 1.33. The van der Waals surface area contributed by atoms with Gasteiger partial charge in [-0.2, -0.15) is 5.10 Å². The molecule has 0 spiro atoms. The predicted molar refractivity (Wildman–Crippen MR) is 64.2 cm³/mol. The monoisotopic (exact) mass is 232 g/mol. The minimum Gasteiger partial charge on any atom is -0.480 e. The summed E-state index contributed by atoms with van der Waals surface area (Å²) < 4.78 is 4.98. The molecule has 0 unspecified atom stereocenters. The van der Waals surface area contributed by atoms with Crippen LogP contribution >= 0.6 is 0 Å². The van der Waals surface area contributed by atoms with Crippen LogP contribution in [0.4, 0.5) is 16.2 Å². The number of aromatic nitrogens is 2. The van der Waals surface area contributed by atoms with Crippen LogP contribution in [0, 0.1) is 0 Å². The first-order valence-corrected chi connectivity index (χ1v) is 5.00. The van der Waals surface area contributed by atoms with Gasteiger partial charge in [0.15, 0.2) is 0 Å². The number of carbonyl (C=O) groups is 1. The van der Waals surface area contributed by atoms with Gasteiger partial charge in [-0.3, -0.25) is 0 Å². The molecule has 0 fully saturated rings. The Kier molecular flexibility index (Phi) is 3.25. The molecule has 0 atom stereocenters. The zero-order chi connectivity index (χ0) is 12.1. The van der Waals surface area contributed by atoms with Gasteiger partial charge in [0.25, 0.3) is 0 Å². The molecule has 1 aromatic carbocycles. The second-order valence-corrected chi connectivity index (χ2v) is 3.26. The summed E-state index contributed by atoms with van der Waals surface area (Å²) in [5.41, 5.74) is 1.20. The molecule has 0 aliphatic heterocycles. The predicted octanol–water partition coefficient (Wildman–Crippen LogP) is 2.06. The lowest BCUT2D eigenvalue weighted by Gasteiger charge is -2.06. The van der Waals surface area contributed by atoms with E-state index in [1.165, 1.54) is 13.3 Å². The molecular formula is C11H12N4O2. The van der Waals surface area contributed by atoms with Gasteiger partial charge in [0.1, 0.15) is 5.69 Å². The topological polar surface area (TPSA) is 79.0 Å². The highest BCUT2D eigenvalue weighted by molar-refractivity contribution is 6.00. The first-order chi connectivity index (χ1) is 8.29. The quantitative estimate of drug-likeness (QED) is 0.757. The maximum absolute atomic E-state index is 11.6. The molecule has 17 heavy (non-hydrogen) atoms. The van der Waals surface area contributed by atoms with Crippen LogP contribution in [0.5, 0.6) is 5.88 Å². The van der Waals surface area contributed by atoms with Crippen molar-refractivity contribution in [1.82, 2.24) is 10.2 Å². The van der Waals surface area contributed by atoms with Gasteiger partial charge >= 0.3 is 6.03 Å². The molecule has 0 radical (unpaired) electrons. The molecule has 3 N–H and O–H groups in total. The Labute approximate surface area is 98.0 Å². The Morgan fingerprint density at radius 2 is 2.06 bits per heavy atom. The van der Waals surface area contributed by atoms with Crippen molar-refractivity contribution in [2.45, 2.75) is 0 Å². The molecule has 2 amide bonds. The van der Waals surface area contributed by atoms with Gasteiger partial charge in [-0.1, -0.05) is 18.2 Å². The van der Waals surface area contributed by atoms with Crippen LogP contribution in [0.2, 0.25) is 0 Å². The Balaban J connectivity index is 1.98. The maximum Gasteiger partial charge on any atom is 0.323 e. The standard InChI is InChI=1S/C11H12N4O2/c1-17-10-9(7-12-15-10)14-11(16)13-8-5-3-2-4-6-8/h2-7H,1H3,(H,12,15)(H2,13,14,16).